The van der Waals surface area contributed by atoms with Crippen molar-refractivity contribution < 1.29 is 35.4 Å². The van der Waals surface area contributed by atoms with Gasteiger partial charge in [0.2, 0.25) is 0 Å². The number of aliphatic hydroxyl groups excluding tert-OH is 4. The Bertz CT molecular complexity index is 852. The molecule has 0 aliphatic heterocycles. The highest BCUT2D eigenvalue weighted by molar-refractivity contribution is 5.95. The van der Waals surface area contributed by atoms with Gasteiger partial charge in [0.15, 0.2) is 5.78 Å². The molecule has 7 nitrogen and oxygen atoms in total. The summed E-state index contributed by atoms with van der Waals surface area (Å²) in [6, 6.07) is 0. The summed E-state index contributed by atoms with van der Waals surface area (Å²) in [4.78, 5) is 13.3. The van der Waals surface area contributed by atoms with E-state index in [4.69, 9.17) is 0 Å². The van der Waals surface area contributed by atoms with Gasteiger partial charge in [0.1, 0.15) is 0 Å². The fourth-order valence-electron chi connectivity index (χ4n) is 8.28. The molecule has 7 heteroatoms. The SMILES string of the molecule is CC(C)C(O)C[C@@H](O)[C@](C)(O)C1CC[C@@]2(O)C3=CC(=O)[C@@H]4C[C@@H](O)[C@@H](O)C[C@]4(C)[C@H]3CC[C@]12C. The monoisotopic (exact) mass is 480 g/mol. The van der Waals surface area contributed by atoms with Crippen LogP contribution in [0.25, 0.3) is 0 Å². The standard InChI is InChI=1S/C27H44O7/c1-14(2)18(28)12-23(32)26(5,33)22-7-9-27(34)16-10-19(29)17-11-20(30)21(31)13-24(17,3)15(16)6-8-25(22,27)4/h10,14-15,17-18,20-23,28,30-34H,6-9,11-13H2,1-5H3/t15-,17-,18?,20+,21-,22?,23+,24+,25+,26+,27+/m0/s1. The number of hydrogen-bond donors (Lipinski definition) is 6. The normalized spacial score (nSPS) is 47.8. The smallest absolute Gasteiger partial charge is 0.159 e. The van der Waals surface area contributed by atoms with Gasteiger partial charge in [-0.05, 0) is 80.3 Å². The van der Waals surface area contributed by atoms with Crippen LogP contribution in [0.4, 0.5) is 0 Å². The van der Waals surface area contributed by atoms with Gasteiger partial charge in [-0.1, -0.05) is 27.7 Å². The molecule has 11 atom stereocenters. The first-order valence-corrected chi connectivity index (χ1v) is 13.0. The van der Waals surface area contributed by atoms with Gasteiger partial charge in [-0.2, -0.15) is 0 Å². The van der Waals surface area contributed by atoms with Crippen molar-refractivity contribution in [3.63, 3.8) is 0 Å². The van der Waals surface area contributed by atoms with Crippen molar-refractivity contribution in [3.8, 4) is 0 Å². The van der Waals surface area contributed by atoms with Crippen LogP contribution in [-0.2, 0) is 4.79 Å². The van der Waals surface area contributed by atoms with Gasteiger partial charge < -0.3 is 30.6 Å². The predicted octanol–water partition coefficient (Wildman–Crippen LogP) is 1.71. The molecule has 3 fully saturated rings. The molecule has 3 saturated carbocycles. The summed E-state index contributed by atoms with van der Waals surface area (Å²) in [6.45, 7) is 9.30. The van der Waals surface area contributed by atoms with E-state index in [0.29, 0.717) is 37.7 Å². The zero-order valence-electron chi connectivity index (χ0n) is 21.2. The van der Waals surface area contributed by atoms with E-state index in [1.54, 1.807) is 13.0 Å². The Morgan fingerprint density at radius 3 is 2.35 bits per heavy atom. The van der Waals surface area contributed by atoms with Gasteiger partial charge in [0, 0.05) is 17.8 Å². The van der Waals surface area contributed by atoms with Crippen LogP contribution in [0.15, 0.2) is 11.6 Å². The summed E-state index contributed by atoms with van der Waals surface area (Å²) in [5.41, 5.74) is -3.41. The van der Waals surface area contributed by atoms with Crippen molar-refractivity contribution in [2.45, 2.75) is 115 Å². The van der Waals surface area contributed by atoms with E-state index in [2.05, 4.69) is 0 Å². The van der Waals surface area contributed by atoms with Crippen LogP contribution < -0.4 is 0 Å². The highest BCUT2D eigenvalue weighted by Gasteiger charge is 2.69. The first-order chi connectivity index (χ1) is 15.6. The van der Waals surface area contributed by atoms with Gasteiger partial charge in [0.25, 0.3) is 0 Å². The number of hydrogen-bond acceptors (Lipinski definition) is 7. The molecule has 2 unspecified atom stereocenters. The second-order valence-corrected chi connectivity index (χ2v) is 12.9. The van der Waals surface area contributed by atoms with E-state index in [1.807, 2.05) is 27.7 Å². The van der Waals surface area contributed by atoms with Gasteiger partial charge in [-0.3, -0.25) is 4.79 Å². The lowest BCUT2D eigenvalue weighted by Crippen LogP contribution is -2.63. The summed E-state index contributed by atoms with van der Waals surface area (Å²) in [7, 11) is 0. The number of aliphatic hydroxyl groups is 6. The molecular weight excluding hydrogens is 436 g/mol. The molecule has 4 aliphatic rings. The number of carbonyl (C=O) groups excluding carboxylic acids is 1. The molecule has 0 radical (unpaired) electrons. The van der Waals surface area contributed by atoms with Crippen molar-refractivity contribution in [3.05, 3.63) is 11.6 Å². The van der Waals surface area contributed by atoms with Crippen molar-refractivity contribution >= 4 is 5.78 Å². The lowest BCUT2D eigenvalue weighted by Gasteiger charge is -2.60. The topological polar surface area (TPSA) is 138 Å². The van der Waals surface area contributed by atoms with Crippen LogP contribution in [0, 0.1) is 34.5 Å². The average Bonchev–Trinajstić information content (AvgIpc) is 3.02. The minimum Gasteiger partial charge on any atom is -0.393 e. The Balaban J connectivity index is 1.68. The van der Waals surface area contributed by atoms with Crippen LogP contribution in [-0.4, -0.2) is 72.0 Å². The van der Waals surface area contributed by atoms with Gasteiger partial charge in [-0.25, -0.2) is 0 Å². The van der Waals surface area contributed by atoms with Gasteiger partial charge >= 0.3 is 0 Å². The van der Waals surface area contributed by atoms with E-state index >= 15 is 0 Å². The Morgan fingerprint density at radius 1 is 1.09 bits per heavy atom. The third-order valence-electron chi connectivity index (χ3n) is 10.7. The molecule has 6 N–H and O–H groups in total. The molecule has 0 heterocycles. The van der Waals surface area contributed by atoms with E-state index in [1.165, 1.54) is 0 Å². The quantitative estimate of drug-likeness (QED) is 0.352. The second kappa shape index (κ2) is 8.35. The molecule has 0 spiro atoms. The first kappa shape index (κ1) is 26.2. The molecule has 0 saturated heterocycles. The molecule has 0 aromatic rings. The fraction of sp³-hybridized carbons (Fsp3) is 0.889. The highest BCUT2D eigenvalue weighted by Crippen LogP contribution is 2.68. The van der Waals surface area contributed by atoms with Crippen molar-refractivity contribution in [1.82, 2.24) is 0 Å². The molecular formula is C27H44O7. The molecule has 4 aliphatic carbocycles. The number of allylic oxidation sites excluding steroid dienone is 1. The van der Waals surface area contributed by atoms with E-state index in [0.717, 1.165) is 0 Å². The molecule has 194 valence electrons. The van der Waals surface area contributed by atoms with Crippen LogP contribution in [0.3, 0.4) is 0 Å². The van der Waals surface area contributed by atoms with Crippen molar-refractivity contribution in [2.24, 2.45) is 34.5 Å². The van der Waals surface area contributed by atoms with E-state index < -0.39 is 52.4 Å². The van der Waals surface area contributed by atoms with Gasteiger partial charge in [-0.15, -0.1) is 0 Å². The second-order valence-electron chi connectivity index (χ2n) is 12.9. The molecule has 0 aromatic heterocycles. The Morgan fingerprint density at radius 2 is 1.74 bits per heavy atom. The number of ketones is 1. The average molecular weight is 481 g/mol. The Kier molecular flexibility index (Phi) is 6.45. The molecule has 0 bridgehead atoms. The van der Waals surface area contributed by atoms with Crippen LogP contribution in [0.5, 0.6) is 0 Å². The summed E-state index contributed by atoms with van der Waals surface area (Å²) in [6.07, 6.45) is 0.680. The third-order valence-corrected chi connectivity index (χ3v) is 10.7. The Labute approximate surface area is 202 Å². The van der Waals surface area contributed by atoms with E-state index in [-0.39, 0.29) is 36.4 Å². The van der Waals surface area contributed by atoms with Crippen LogP contribution >= 0.6 is 0 Å². The zero-order valence-corrected chi connectivity index (χ0v) is 21.2. The van der Waals surface area contributed by atoms with Crippen LogP contribution in [0.1, 0.15) is 79.6 Å². The molecule has 0 aromatic carbocycles. The number of rotatable bonds is 5. The summed E-state index contributed by atoms with van der Waals surface area (Å²) in [5, 5.41) is 65.7. The van der Waals surface area contributed by atoms with Crippen molar-refractivity contribution in [2.75, 3.05) is 0 Å². The fourth-order valence-corrected chi connectivity index (χ4v) is 8.28. The molecule has 0 amide bonds. The summed E-state index contributed by atoms with van der Waals surface area (Å²) in [5.74, 6) is -1.04. The molecule has 4 rings (SSSR count). The first-order valence-electron chi connectivity index (χ1n) is 13.0. The maximum Gasteiger partial charge on any atom is 0.159 e. The Hall–Kier alpha value is -0.830. The summed E-state index contributed by atoms with van der Waals surface area (Å²) >= 11 is 0. The zero-order chi connectivity index (χ0) is 25.4. The van der Waals surface area contributed by atoms with Crippen LogP contribution in [0.2, 0.25) is 0 Å². The van der Waals surface area contributed by atoms with Gasteiger partial charge in [0.05, 0.1) is 35.6 Å². The molecule has 34 heavy (non-hydrogen) atoms. The lowest BCUT2D eigenvalue weighted by molar-refractivity contribution is -0.179. The minimum absolute atomic E-state index is 0.0477. The number of carbonyl (C=O) groups is 1. The summed E-state index contributed by atoms with van der Waals surface area (Å²) < 4.78 is 0. The largest absolute Gasteiger partial charge is 0.393 e. The lowest BCUT2D eigenvalue weighted by atomic mass is 9.45. The number of fused-ring (bicyclic) bond motifs is 5. The third kappa shape index (κ3) is 3.57. The predicted molar refractivity (Wildman–Crippen MR) is 127 cm³/mol. The van der Waals surface area contributed by atoms with Crippen molar-refractivity contribution in [1.29, 1.82) is 0 Å². The maximum atomic E-state index is 13.3. The van der Waals surface area contributed by atoms with E-state index in [9.17, 15) is 35.4 Å². The highest BCUT2D eigenvalue weighted by atomic mass is 16.3. The maximum absolute atomic E-state index is 13.3. The minimum atomic E-state index is -1.52.